The van der Waals surface area contributed by atoms with E-state index in [4.69, 9.17) is 5.73 Å². The average molecular weight is 270 g/mol. The van der Waals surface area contributed by atoms with E-state index < -0.39 is 23.0 Å². The maximum atomic E-state index is 11.9. The molecular weight excluding hydrogens is 258 g/mol. The number of hydrogen-bond acceptors (Lipinski definition) is 4. The van der Waals surface area contributed by atoms with Crippen molar-refractivity contribution >= 4 is 21.4 Å². The first kappa shape index (κ1) is 13.5. The molecule has 0 aromatic carbocycles. The van der Waals surface area contributed by atoms with Crippen LogP contribution >= 0.6 is 11.3 Å². The lowest BCUT2D eigenvalue weighted by atomic mass is 10.4. The van der Waals surface area contributed by atoms with Crippen LogP contribution in [-0.4, -0.2) is 21.4 Å². The average Bonchev–Trinajstić information content (AvgIpc) is 2.57. The van der Waals surface area contributed by atoms with Gasteiger partial charge < -0.3 is 5.73 Å². The topological polar surface area (TPSA) is 72.2 Å². The van der Waals surface area contributed by atoms with Crippen LogP contribution in [0.25, 0.3) is 0 Å². The minimum Gasteiger partial charge on any atom is -0.326 e. The van der Waals surface area contributed by atoms with E-state index in [2.05, 4.69) is 0 Å². The Balaban J connectivity index is 2.93. The first-order chi connectivity index (χ1) is 7.36. The van der Waals surface area contributed by atoms with E-state index >= 15 is 0 Å². The van der Waals surface area contributed by atoms with E-state index in [0.717, 1.165) is 0 Å². The highest BCUT2D eigenvalue weighted by Gasteiger charge is 2.20. The highest BCUT2D eigenvalue weighted by Crippen LogP contribution is 2.25. The lowest BCUT2D eigenvalue weighted by Crippen LogP contribution is -2.28. The summed E-state index contributed by atoms with van der Waals surface area (Å²) in [7, 11) is -3.85. The smallest absolute Gasteiger partial charge is 0.251 e. The molecular formula is C8H12F2N2O2S2. The van der Waals surface area contributed by atoms with Gasteiger partial charge in [0, 0.05) is 16.3 Å². The zero-order chi connectivity index (χ0) is 12.3. The quantitative estimate of drug-likeness (QED) is 0.840. The van der Waals surface area contributed by atoms with Crippen LogP contribution < -0.4 is 10.5 Å². The van der Waals surface area contributed by atoms with Gasteiger partial charge in [0.25, 0.3) is 6.43 Å². The van der Waals surface area contributed by atoms with Gasteiger partial charge in [0.05, 0.1) is 11.4 Å². The fourth-order valence-electron chi connectivity index (χ4n) is 1.14. The number of halogens is 2. The van der Waals surface area contributed by atoms with Gasteiger partial charge >= 0.3 is 0 Å². The Kier molecular flexibility index (Phi) is 4.36. The number of nitrogens with two attached hydrogens (primary N) is 1. The molecule has 0 amide bonds. The predicted molar refractivity (Wildman–Crippen MR) is 58.1 cm³/mol. The fourth-order valence-corrected chi connectivity index (χ4v) is 3.66. The molecule has 0 radical (unpaired) electrons. The number of sulfonamides is 1. The highest BCUT2D eigenvalue weighted by molar-refractivity contribution is 7.89. The maximum Gasteiger partial charge on any atom is 0.251 e. The van der Waals surface area contributed by atoms with Crippen molar-refractivity contribution in [3.8, 4) is 0 Å². The van der Waals surface area contributed by atoms with Crippen LogP contribution in [0.1, 0.15) is 9.75 Å². The molecule has 0 aliphatic carbocycles. The Morgan fingerprint density at radius 3 is 2.62 bits per heavy atom. The SMILES string of the molecule is Cc1sc(CN)cc1S(=O)(=O)NCC(F)F. The van der Waals surface area contributed by atoms with Crippen LogP contribution in [0.2, 0.25) is 0 Å². The first-order valence-corrected chi connectivity index (χ1v) is 6.74. The Hall–Kier alpha value is -0.570. The van der Waals surface area contributed by atoms with Gasteiger partial charge in [-0.1, -0.05) is 0 Å². The van der Waals surface area contributed by atoms with Gasteiger partial charge in [-0.15, -0.1) is 11.3 Å². The summed E-state index contributed by atoms with van der Waals surface area (Å²) in [6, 6.07) is 1.41. The van der Waals surface area contributed by atoms with Gasteiger partial charge in [-0.25, -0.2) is 21.9 Å². The van der Waals surface area contributed by atoms with Crippen molar-refractivity contribution in [2.24, 2.45) is 5.73 Å². The molecule has 4 nitrogen and oxygen atoms in total. The minimum absolute atomic E-state index is 0.0265. The Bertz CT molecular complexity index is 457. The lowest BCUT2D eigenvalue weighted by Gasteiger charge is -2.04. The van der Waals surface area contributed by atoms with E-state index in [9.17, 15) is 17.2 Å². The molecule has 0 saturated carbocycles. The number of aryl methyl sites for hydroxylation is 1. The molecule has 0 fully saturated rings. The second-order valence-electron chi connectivity index (χ2n) is 3.08. The second kappa shape index (κ2) is 5.17. The molecule has 0 aliphatic heterocycles. The summed E-state index contributed by atoms with van der Waals surface area (Å²) >= 11 is 1.24. The van der Waals surface area contributed by atoms with Crippen LogP contribution in [0.3, 0.4) is 0 Å². The van der Waals surface area contributed by atoms with Crippen molar-refractivity contribution in [1.29, 1.82) is 0 Å². The van der Waals surface area contributed by atoms with E-state index in [1.165, 1.54) is 17.4 Å². The molecule has 0 aliphatic rings. The normalized spacial score (nSPS) is 12.3. The van der Waals surface area contributed by atoms with Gasteiger partial charge in [0.15, 0.2) is 0 Å². The molecule has 0 bridgehead atoms. The molecule has 0 unspecified atom stereocenters. The zero-order valence-electron chi connectivity index (χ0n) is 8.54. The Labute approximate surface area is 96.5 Å². The van der Waals surface area contributed by atoms with Crippen molar-refractivity contribution < 1.29 is 17.2 Å². The third kappa shape index (κ3) is 3.21. The van der Waals surface area contributed by atoms with Crippen molar-refractivity contribution in [2.45, 2.75) is 24.8 Å². The molecule has 0 spiro atoms. The molecule has 0 saturated heterocycles. The summed E-state index contributed by atoms with van der Waals surface area (Å²) in [5.74, 6) is 0. The molecule has 1 aromatic heterocycles. The molecule has 16 heavy (non-hydrogen) atoms. The van der Waals surface area contributed by atoms with Gasteiger partial charge in [0.2, 0.25) is 10.0 Å². The largest absolute Gasteiger partial charge is 0.326 e. The monoisotopic (exact) mass is 270 g/mol. The summed E-state index contributed by atoms with van der Waals surface area (Å²) in [4.78, 5) is 1.27. The Morgan fingerprint density at radius 1 is 1.56 bits per heavy atom. The van der Waals surface area contributed by atoms with Gasteiger partial charge in [-0.2, -0.15) is 0 Å². The van der Waals surface area contributed by atoms with Gasteiger partial charge in [0.1, 0.15) is 0 Å². The summed E-state index contributed by atoms with van der Waals surface area (Å²) in [5, 5.41) is 0. The molecule has 3 N–H and O–H groups in total. The molecule has 1 aromatic rings. The number of thiophene rings is 1. The molecule has 8 heteroatoms. The van der Waals surface area contributed by atoms with Crippen molar-refractivity contribution in [3.63, 3.8) is 0 Å². The number of rotatable bonds is 5. The zero-order valence-corrected chi connectivity index (χ0v) is 10.2. The molecule has 92 valence electrons. The van der Waals surface area contributed by atoms with Crippen molar-refractivity contribution in [3.05, 3.63) is 15.8 Å². The predicted octanol–water partition coefficient (Wildman–Crippen LogP) is 1.06. The summed E-state index contributed by atoms with van der Waals surface area (Å²) in [6.07, 6.45) is -2.71. The fraction of sp³-hybridized carbons (Fsp3) is 0.500. The second-order valence-corrected chi connectivity index (χ2v) is 6.16. The summed E-state index contributed by atoms with van der Waals surface area (Å²) in [5.41, 5.74) is 5.37. The maximum absolute atomic E-state index is 11.9. The van der Waals surface area contributed by atoms with Crippen molar-refractivity contribution in [1.82, 2.24) is 4.72 Å². The number of alkyl halides is 2. The van der Waals surface area contributed by atoms with Crippen molar-refractivity contribution in [2.75, 3.05) is 6.54 Å². The standard InChI is InChI=1S/C8H12F2N2O2S2/c1-5-7(2-6(3-11)15-5)16(13,14)12-4-8(9)10/h2,8,12H,3-4,11H2,1H3. The Morgan fingerprint density at radius 2 is 2.19 bits per heavy atom. The van der Waals surface area contributed by atoms with E-state index in [-0.39, 0.29) is 11.4 Å². The van der Waals surface area contributed by atoms with E-state index in [1.54, 1.807) is 6.92 Å². The highest BCUT2D eigenvalue weighted by atomic mass is 32.2. The van der Waals surface area contributed by atoms with Crippen LogP contribution in [0.4, 0.5) is 8.78 Å². The minimum atomic E-state index is -3.85. The lowest BCUT2D eigenvalue weighted by molar-refractivity contribution is 0.153. The van der Waals surface area contributed by atoms with Crippen LogP contribution in [-0.2, 0) is 16.6 Å². The molecule has 0 atom stereocenters. The van der Waals surface area contributed by atoms with Gasteiger partial charge in [-0.3, -0.25) is 0 Å². The van der Waals surface area contributed by atoms with E-state index in [0.29, 0.717) is 9.75 Å². The summed E-state index contributed by atoms with van der Waals surface area (Å²) < 4.78 is 48.9. The third-order valence-electron chi connectivity index (χ3n) is 1.84. The van der Waals surface area contributed by atoms with Crippen LogP contribution in [0.5, 0.6) is 0 Å². The van der Waals surface area contributed by atoms with Crippen LogP contribution in [0, 0.1) is 6.92 Å². The first-order valence-electron chi connectivity index (χ1n) is 4.44. The molecule has 1 heterocycles. The summed E-state index contributed by atoms with van der Waals surface area (Å²) in [6.45, 7) is 0.965. The van der Waals surface area contributed by atoms with Crippen LogP contribution in [0.15, 0.2) is 11.0 Å². The molecule has 1 rings (SSSR count). The third-order valence-corrected chi connectivity index (χ3v) is 4.59. The number of hydrogen-bond donors (Lipinski definition) is 2. The number of nitrogens with one attached hydrogen (secondary N) is 1. The van der Waals surface area contributed by atoms with Gasteiger partial charge in [-0.05, 0) is 13.0 Å². The van der Waals surface area contributed by atoms with E-state index in [1.807, 2.05) is 4.72 Å².